The van der Waals surface area contributed by atoms with Gasteiger partial charge in [0, 0.05) is 6.42 Å². The highest BCUT2D eigenvalue weighted by Crippen LogP contribution is 2.22. The van der Waals surface area contributed by atoms with Gasteiger partial charge in [-0.3, -0.25) is 0 Å². The molecular formula is C15H16O4. The molecule has 0 aromatic heterocycles. The van der Waals surface area contributed by atoms with Gasteiger partial charge < -0.3 is 9.84 Å². The highest BCUT2D eigenvalue weighted by molar-refractivity contribution is 5.92. The number of hydrogen-bond acceptors (Lipinski definition) is 3. The van der Waals surface area contributed by atoms with Gasteiger partial charge in [-0.1, -0.05) is 19.1 Å². The minimum Gasteiger partial charge on any atom is -0.478 e. The maximum absolute atomic E-state index is 11.9. The normalized spacial score (nSPS) is 21.9. The van der Waals surface area contributed by atoms with Crippen molar-refractivity contribution in [1.29, 1.82) is 0 Å². The molecule has 0 heterocycles. The van der Waals surface area contributed by atoms with Gasteiger partial charge in [-0.15, -0.1) is 0 Å². The Morgan fingerprint density at radius 1 is 1.11 bits per heavy atom. The number of carboxylic acids is 1. The largest absolute Gasteiger partial charge is 0.478 e. The van der Waals surface area contributed by atoms with Crippen molar-refractivity contribution in [2.45, 2.75) is 25.9 Å². The van der Waals surface area contributed by atoms with Crippen LogP contribution in [0.4, 0.5) is 0 Å². The molecular weight excluding hydrogens is 244 g/mol. The van der Waals surface area contributed by atoms with E-state index in [0.717, 1.165) is 12.8 Å². The molecule has 0 spiro atoms. The third-order valence-electron chi connectivity index (χ3n) is 3.30. The third kappa shape index (κ3) is 3.22. The monoisotopic (exact) mass is 260 g/mol. The van der Waals surface area contributed by atoms with Crippen LogP contribution in [0.5, 0.6) is 0 Å². The van der Waals surface area contributed by atoms with E-state index in [1.54, 1.807) is 0 Å². The number of ether oxygens (including phenoxy) is 1. The molecule has 100 valence electrons. The number of rotatable bonds is 3. The molecule has 1 aliphatic rings. The molecule has 1 N–H and O–H groups in total. The van der Waals surface area contributed by atoms with Crippen molar-refractivity contribution in [3.8, 4) is 0 Å². The first kappa shape index (κ1) is 13.3. The van der Waals surface area contributed by atoms with E-state index in [4.69, 9.17) is 9.84 Å². The Balaban J connectivity index is 2.03. The molecule has 0 saturated carbocycles. The van der Waals surface area contributed by atoms with Gasteiger partial charge in [0.25, 0.3) is 0 Å². The molecule has 2 unspecified atom stereocenters. The predicted molar refractivity (Wildman–Crippen MR) is 70.1 cm³/mol. The summed E-state index contributed by atoms with van der Waals surface area (Å²) >= 11 is 0. The quantitative estimate of drug-likeness (QED) is 0.670. The Labute approximate surface area is 111 Å². The minimum atomic E-state index is -1.01. The van der Waals surface area contributed by atoms with Crippen molar-refractivity contribution < 1.29 is 19.4 Å². The van der Waals surface area contributed by atoms with Crippen LogP contribution in [0.2, 0.25) is 0 Å². The van der Waals surface area contributed by atoms with E-state index in [-0.39, 0.29) is 11.7 Å². The molecule has 4 nitrogen and oxygen atoms in total. The fourth-order valence-electron chi connectivity index (χ4n) is 2.04. The highest BCUT2D eigenvalue weighted by Gasteiger charge is 2.22. The first-order valence-electron chi connectivity index (χ1n) is 6.27. The third-order valence-corrected chi connectivity index (χ3v) is 3.30. The van der Waals surface area contributed by atoms with Crippen LogP contribution in [0.25, 0.3) is 0 Å². The maximum atomic E-state index is 11.9. The van der Waals surface area contributed by atoms with Gasteiger partial charge in [-0.25, -0.2) is 9.59 Å². The van der Waals surface area contributed by atoms with Crippen molar-refractivity contribution in [2.24, 2.45) is 5.92 Å². The van der Waals surface area contributed by atoms with Crippen LogP contribution in [0.1, 0.15) is 40.5 Å². The number of hydrogen-bond donors (Lipinski definition) is 1. The topological polar surface area (TPSA) is 63.6 Å². The smallest absolute Gasteiger partial charge is 0.338 e. The average Bonchev–Trinajstić information content (AvgIpc) is 2.41. The molecule has 0 aliphatic heterocycles. The zero-order valence-electron chi connectivity index (χ0n) is 10.7. The van der Waals surface area contributed by atoms with Crippen LogP contribution >= 0.6 is 0 Å². The van der Waals surface area contributed by atoms with Gasteiger partial charge in [-0.2, -0.15) is 0 Å². The summed E-state index contributed by atoms with van der Waals surface area (Å²) in [6, 6.07) is 5.77. The molecule has 1 aromatic carbocycles. The molecule has 2 rings (SSSR count). The molecule has 0 bridgehead atoms. The first-order chi connectivity index (χ1) is 9.08. The van der Waals surface area contributed by atoms with E-state index in [1.807, 2.05) is 6.08 Å². The second kappa shape index (κ2) is 5.69. The first-order valence-corrected chi connectivity index (χ1v) is 6.27. The molecule has 0 fully saturated rings. The number of allylic oxidation sites excluding steroid dienone is 1. The SMILES string of the molecule is CC1CC=CCC1OC(=O)c1ccc(C(=O)O)cc1. The van der Waals surface area contributed by atoms with Crippen LogP contribution in [-0.2, 0) is 4.74 Å². The Morgan fingerprint density at radius 3 is 2.26 bits per heavy atom. The molecule has 19 heavy (non-hydrogen) atoms. The number of carboxylic acid groups (broad SMARTS) is 1. The number of carbonyl (C=O) groups is 2. The number of aromatic carboxylic acids is 1. The van der Waals surface area contributed by atoms with Gasteiger partial charge in [0.05, 0.1) is 11.1 Å². The zero-order valence-corrected chi connectivity index (χ0v) is 10.7. The Hall–Kier alpha value is -2.10. The summed E-state index contributed by atoms with van der Waals surface area (Å²) in [5.41, 5.74) is 0.539. The Kier molecular flexibility index (Phi) is 4.00. The Morgan fingerprint density at radius 2 is 1.68 bits per heavy atom. The summed E-state index contributed by atoms with van der Waals surface area (Å²) in [6.07, 6.45) is 5.66. The van der Waals surface area contributed by atoms with E-state index in [9.17, 15) is 9.59 Å². The van der Waals surface area contributed by atoms with E-state index in [0.29, 0.717) is 11.5 Å². The molecule has 1 aliphatic carbocycles. The summed E-state index contributed by atoms with van der Waals surface area (Å²) < 4.78 is 5.45. The summed E-state index contributed by atoms with van der Waals surface area (Å²) in [4.78, 5) is 22.7. The highest BCUT2D eigenvalue weighted by atomic mass is 16.5. The molecule has 4 heteroatoms. The maximum Gasteiger partial charge on any atom is 0.338 e. The van der Waals surface area contributed by atoms with Gasteiger partial charge in [0.1, 0.15) is 6.10 Å². The second-order valence-electron chi connectivity index (χ2n) is 4.75. The molecule has 0 saturated heterocycles. The summed E-state index contributed by atoms with van der Waals surface area (Å²) in [5.74, 6) is -1.10. The van der Waals surface area contributed by atoms with Crippen LogP contribution < -0.4 is 0 Å². The van der Waals surface area contributed by atoms with Gasteiger partial charge >= 0.3 is 11.9 Å². The van der Waals surface area contributed by atoms with Gasteiger partial charge in [-0.05, 0) is 36.6 Å². The fourth-order valence-corrected chi connectivity index (χ4v) is 2.04. The van der Waals surface area contributed by atoms with E-state index >= 15 is 0 Å². The molecule has 1 aromatic rings. The lowest BCUT2D eigenvalue weighted by Gasteiger charge is -2.25. The molecule has 0 radical (unpaired) electrons. The second-order valence-corrected chi connectivity index (χ2v) is 4.75. The van der Waals surface area contributed by atoms with Crippen molar-refractivity contribution in [3.05, 3.63) is 47.5 Å². The lowest BCUT2D eigenvalue weighted by Crippen LogP contribution is -2.26. The van der Waals surface area contributed by atoms with Gasteiger partial charge in [0.2, 0.25) is 0 Å². The summed E-state index contributed by atoms with van der Waals surface area (Å²) in [5, 5.41) is 8.79. The summed E-state index contributed by atoms with van der Waals surface area (Å²) in [7, 11) is 0. The predicted octanol–water partition coefficient (Wildman–Crippen LogP) is 2.90. The molecule has 2 atom stereocenters. The minimum absolute atomic E-state index is 0.100. The summed E-state index contributed by atoms with van der Waals surface area (Å²) in [6.45, 7) is 2.05. The number of esters is 1. The lowest BCUT2D eigenvalue weighted by molar-refractivity contribution is 0.0159. The van der Waals surface area contributed by atoms with E-state index in [2.05, 4.69) is 13.0 Å². The molecule has 0 amide bonds. The van der Waals surface area contributed by atoms with Crippen LogP contribution in [0.15, 0.2) is 36.4 Å². The van der Waals surface area contributed by atoms with Crippen LogP contribution in [0, 0.1) is 5.92 Å². The average molecular weight is 260 g/mol. The fraction of sp³-hybridized carbons (Fsp3) is 0.333. The van der Waals surface area contributed by atoms with Crippen molar-refractivity contribution in [1.82, 2.24) is 0 Å². The number of benzene rings is 1. The van der Waals surface area contributed by atoms with E-state index in [1.165, 1.54) is 24.3 Å². The van der Waals surface area contributed by atoms with Crippen LogP contribution in [-0.4, -0.2) is 23.1 Å². The Bertz CT molecular complexity index is 501. The zero-order chi connectivity index (χ0) is 13.8. The van der Waals surface area contributed by atoms with Crippen LogP contribution in [0.3, 0.4) is 0 Å². The van der Waals surface area contributed by atoms with Crippen molar-refractivity contribution >= 4 is 11.9 Å². The standard InChI is InChI=1S/C15H16O4/c1-10-4-2-3-5-13(10)19-15(18)12-8-6-11(7-9-12)14(16)17/h2-3,6-10,13H,4-5H2,1H3,(H,16,17). The van der Waals surface area contributed by atoms with Gasteiger partial charge in [0.15, 0.2) is 0 Å². The number of carbonyl (C=O) groups excluding carboxylic acids is 1. The lowest BCUT2D eigenvalue weighted by atomic mass is 9.93. The van der Waals surface area contributed by atoms with E-state index < -0.39 is 11.9 Å². The van der Waals surface area contributed by atoms with Crippen molar-refractivity contribution in [2.75, 3.05) is 0 Å². The van der Waals surface area contributed by atoms with Crippen molar-refractivity contribution in [3.63, 3.8) is 0 Å².